The standard InChI is InChI=1S/C15H13Cl2N3O2.C14H20ClNO2.C8H11Cl2NO.C3H8NO5P/c1-2-7-22-13-9-12(10(16)8-11(13)17)20-15(21)19-6-4-3-5-14(19)18-20;1-4-12-8-6-7-11(3)14(12)16(10-18-5-2)13(17)9-15;1-3-5-11(6-4-2)8(12)7(9)10;5-3(6)1-4-2-10(7,8)9/h1,8-9H,3-7H2;6-8H,4-5,9-10H2,1-3H3;3-4,7H,1-2,5-6H2;4H,1-2H2,(H,5,6)(H2,7,8,9). The average molecular weight is 985 g/mol. The van der Waals surface area contributed by atoms with Gasteiger partial charge in [0.25, 0.3) is 5.91 Å². The minimum absolute atomic E-state index is 0.0371. The number of aliphatic carboxylic acids is 1. The summed E-state index contributed by atoms with van der Waals surface area (Å²) in [6, 6.07) is 9.14. The molecule has 2 heterocycles. The molecular formula is C40H52Cl5N6O10P. The third kappa shape index (κ3) is 19.3. The molecule has 4 N–H and O–H groups in total. The summed E-state index contributed by atoms with van der Waals surface area (Å²) in [5, 5.41) is 15.1. The molecule has 0 atom stereocenters. The van der Waals surface area contributed by atoms with Gasteiger partial charge in [0.05, 0.1) is 34.3 Å². The number of terminal acetylenes is 1. The number of fused-ring (bicyclic) bond motifs is 1. The van der Waals surface area contributed by atoms with Crippen LogP contribution < -0.4 is 20.6 Å². The van der Waals surface area contributed by atoms with Gasteiger partial charge in [-0.1, -0.05) is 89.6 Å². The molecule has 0 saturated carbocycles. The fourth-order valence-corrected chi connectivity index (χ4v) is 6.73. The van der Waals surface area contributed by atoms with Crippen molar-refractivity contribution in [3.8, 4) is 23.8 Å². The van der Waals surface area contributed by atoms with Crippen LogP contribution in [0.1, 0.15) is 43.6 Å². The Labute approximate surface area is 386 Å². The van der Waals surface area contributed by atoms with Crippen molar-refractivity contribution < 1.29 is 43.3 Å². The van der Waals surface area contributed by atoms with E-state index in [1.54, 1.807) is 27.7 Å². The van der Waals surface area contributed by atoms with E-state index in [2.05, 4.69) is 36.4 Å². The molecule has 62 heavy (non-hydrogen) atoms. The molecule has 22 heteroatoms. The molecule has 0 bridgehead atoms. The Kier molecular flexibility index (Phi) is 26.7. The van der Waals surface area contributed by atoms with Crippen LogP contribution in [0, 0.1) is 19.3 Å². The maximum atomic E-state index is 12.5. The van der Waals surface area contributed by atoms with Crippen LogP contribution in [-0.4, -0.2) is 109 Å². The Morgan fingerprint density at radius 1 is 1.11 bits per heavy atom. The molecule has 0 unspecified atom stereocenters. The highest BCUT2D eigenvalue weighted by Gasteiger charge is 2.22. The van der Waals surface area contributed by atoms with Gasteiger partial charge in [-0.15, -0.1) is 36.3 Å². The number of nitrogens with one attached hydrogen (secondary N) is 1. The van der Waals surface area contributed by atoms with Crippen molar-refractivity contribution in [2.24, 2.45) is 0 Å². The maximum absolute atomic E-state index is 12.5. The van der Waals surface area contributed by atoms with E-state index < -0.39 is 31.2 Å². The van der Waals surface area contributed by atoms with Crippen LogP contribution in [0.25, 0.3) is 5.69 Å². The van der Waals surface area contributed by atoms with Crippen LogP contribution >= 0.6 is 65.6 Å². The number of aryl methyl sites for hydroxylation is 3. The fraction of sp³-hybridized carbons (Fsp3) is 0.425. The number of rotatable bonds is 18. The number of hydrogen-bond donors (Lipinski definition) is 4. The third-order valence-corrected chi connectivity index (χ3v) is 9.95. The van der Waals surface area contributed by atoms with Gasteiger partial charge in [-0.3, -0.25) is 33.7 Å². The lowest BCUT2D eigenvalue weighted by Crippen LogP contribution is -2.35. The SMILES string of the molecule is C#CCOc1cc(-n2nc3n(c2=O)CCCC3)c(Cl)cc1Cl.C=CCN(CC=C)C(=O)C(Cl)Cl.CCOCN(C(=O)CCl)c1c(C)cccc1CC.O=C(O)CNCP(=O)(O)O. The number of benzene rings is 2. The molecule has 1 aromatic heterocycles. The summed E-state index contributed by atoms with van der Waals surface area (Å²) in [4.78, 5) is 63.8. The first-order valence-corrected chi connectivity index (χ1v) is 22.8. The number of para-hydroxylation sites is 1. The van der Waals surface area contributed by atoms with Crippen molar-refractivity contribution in [3.05, 3.63) is 93.1 Å². The molecule has 1 aliphatic rings. The summed E-state index contributed by atoms with van der Waals surface area (Å²) < 4.78 is 23.8. The zero-order chi connectivity index (χ0) is 47.0. The largest absolute Gasteiger partial charge is 0.480 e. The molecule has 342 valence electrons. The molecule has 0 fully saturated rings. The second kappa shape index (κ2) is 29.5. The number of anilines is 1. The Balaban J connectivity index is 0.000000435. The Morgan fingerprint density at radius 2 is 1.77 bits per heavy atom. The topological polar surface area (TPSA) is 206 Å². The van der Waals surface area contributed by atoms with E-state index in [4.69, 9.17) is 88.8 Å². The van der Waals surface area contributed by atoms with E-state index in [1.165, 1.54) is 15.6 Å². The third-order valence-electron chi connectivity index (χ3n) is 8.12. The normalized spacial score (nSPS) is 11.5. The van der Waals surface area contributed by atoms with Gasteiger partial charge in [0.15, 0.2) is 4.84 Å². The van der Waals surface area contributed by atoms with Crippen LogP contribution in [0.4, 0.5) is 5.69 Å². The number of ether oxygens (including phenoxy) is 2. The lowest BCUT2D eigenvalue weighted by Gasteiger charge is -2.25. The molecule has 0 saturated heterocycles. The highest BCUT2D eigenvalue weighted by atomic mass is 35.5. The second-order valence-electron chi connectivity index (χ2n) is 12.7. The number of halogens is 5. The van der Waals surface area contributed by atoms with Gasteiger partial charge in [0.1, 0.15) is 30.8 Å². The molecule has 16 nitrogen and oxygen atoms in total. The van der Waals surface area contributed by atoms with E-state index in [0.29, 0.717) is 47.7 Å². The summed E-state index contributed by atoms with van der Waals surface area (Å²) in [6.45, 7) is 15.0. The van der Waals surface area contributed by atoms with Gasteiger partial charge in [-0.2, -0.15) is 4.68 Å². The van der Waals surface area contributed by atoms with Crippen LogP contribution in [0.3, 0.4) is 0 Å². The molecule has 4 rings (SSSR count). The number of carboxylic acids is 1. The Hall–Kier alpha value is -3.85. The Bertz CT molecular complexity index is 2090. The molecule has 0 radical (unpaired) electrons. The first kappa shape index (κ1) is 56.2. The molecular weight excluding hydrogens is 933 g/mol. The molecule has 2 amide bonds. The van der Waals surface area contributed by atoms with Gasteiger partial charge >= 0.3 is 19.3 Å². The number of nitrogens with zero attached hydrogens (tertiary/aromatic N) is 5. The highest BCUT2D eigenvalue weighted by Crippen LogP contribution is 2.33. The van der Waals surface area contributed by atoms with Crippen molar-refractivity contribution in [3.63, 3.8) is 0 Å². The zero-order valence-electron chi connectivity index (χ0n) is 34.6. The maximum Gasteiger partial charge on any atom is 0.350 e. The zero-order valence-corrected chi connectivity index (χ0v) is 39.2. The van der Waals surface area contributed by atoms with E-state index in [0.717, 1.165) is 48.3 Å². The van der Waals surface area contributed by atoms with Crippen molar-refractivity contribution in [2.45, 2.75) is 57.8 Å². The van der Waals surface area contributed by atoms with Crippen molar-refractivity contribution in [1.82, 2.24) is 24.6 Å². The van der Waals surface area contributed by atoms with E-state index >= 15 is 0 Å². The summed E-state index contributed by atoms with van der Waals surface area (Å²) in [5.74, 6) is 1.88. The summed E-state index contributed by atoms with van der Waals surface area (Å²) in [6.07, 6.45) is 11.5. The van der Waals surface area contributed by atoms with Gasteiger partial charge in [0, 0.05) is 38.7 Å². The monoisotopic (exact) mass is 982 g/mol. The van der Waals surface area contributed by atoms with E-state index in [1.807, 2.05) is 32.0 Å². The minimum atomic E-state index is -4.10. The average Bonchev–Trinajstić information content (AvgIpc) is 3.56. The number of carboxylic acid groups (broad SMARTS) is 1. The van der Waals surface area contributed by atoms with Crippen LogP contribution in [0.2, 0.25) is 10.0 Å². The smallest absolute Gasteiger partial charge is 0.350 e. The lowest BCUT2D eigenvalue weighted by molar-refractivity contribution is -0.136. The lowest BCUT2D eigenvalue weighted by atomic mass is 10.0. The van der Waals surface area contributed by atoms with Gasteiger partial charge in [0.2, 0.25) is 5.91 Å². The predicted octanol–water partition coefficient (Wildman–Crippen LogP) is 6.60. The first-order valence-electron chi connectivity index (χ1n) is 18.8. The van der Waals surface area contributed by atoms with Crippen molar-refractivity contribution in [2.75, 3.05) is 56.6 Å². The molecule has 0 aliphatic carbocycles. The quantitative estimate of drug-likeness (QED) is 0.0350. The second-order valence-corrected chi connectivity index (χ2v) is 16.5. The molecule has 1 aliphatic heterocycles. The van der Waals surface area contributed by atoms with Crippen LogP contribution in [0.5, 0.6) is 5.75 Å². The first-order chi connectivity index (χ1) is 29.3. The number of carbonyl (C=O) groups is 3. The number of carbonyl (C=O) groups excluding carboxylic acids is 2. The van der Waals surface area contributed by atoms with Gasteiger partial charge < -0.3 is 29.3 Å². The van der Waals surface area contributed by atoms with E-state index in [9.17, 15) is 23.7 Å². The minimum Gasteiger partial charge on any atom is -0.480 e. The van der Waals surface area contributed by atoms with Gasteiger partial charge in [-0.25, -0.2) is 4.79 Å². The number of aromatic nitrogens is 3. The highest BCUT2D eigenvalue weighted by molar-refractivity contribution is 7.51. The number of alkyl halides is 3. The predicted molar refractivity (Wildman–Crippen MR) is 245 cm³/mol. The summed E-state index contributed by atoms with van der Waals surface area (Å²) in [7, 11) is -4.10. The summed E-state index contributed by atoms with van der Waals surface area (Å²) >= 11 is 28.8. The van der Waals surface area contributed by atoms with Crippen LogP contribution in [-0.2, 0) is 43.1 Å². The Morgan fingerprint density at radius 3 is 2.29 bits per heavy atom. The van der Waals surface area contributed by atoms with Gasteiger partial charge in [-0.05, 0) is 50.3 Å². The molecule has 0 spiro atoms. The molecule has 3 aromatic rings. The van der Waals surface area contributed by atoms with E-state index in [-0.39, 0.29) is 36.7 Å². The summed E-state index contributed by atoms with van der Waals surface area (Å²) in [5.41, 5.74) is 3.35. The van der Waals surface area contributed by atoms with Crippen LogP contribution in [0.15, 0.2) is 60.4 Å². The van der Waals surface area contributed by atoms with Crippen molar-refractivity contribution in [1.29, 1.82) is 0 Å². The van der Waals surface area contributed by atoms with Crippen molar-refractivity contribution >= 4 is 89.1 Å². The molecule has 2 aromatic carbocycles. The number of hydrogen-bond acceptors (Lipinski definition) is 9. The number of amides is 2. The fourth-order valence-electron chi connectivity index (χ4n) is 5.39.